The van der Waals surface area contributed by atoms with Crippen LogP contribution in [0.5, 0.6) is 0 Å². The summed E-state index contributed by atoms with van der Waals surface area (Å²) in [5.74, 6) is 0. The van der Waals surface area contributed by atoms with E-state index in [0.29, 0.717) is 0 Å². The lowest BCUT2D eigenvalue weighted by Gasteiger charge is -2.20. The minimum absolute atomic E-state index is 0.722. The number of nitriles is 1. The zero-order valence-corrected chi connectivity index (χ0v) is 18.5. The maximum Gasteiger partial charge on any atom is 0.137 e. The molecule has 3 aromatic heterocycles. The van der Waals surface area contributed by atoms with Crippen LogP contribution in [0.15, 0.2) is 60.8 Å². The second-order valence-electron chi connectivity index (χ2n) is 8.13. The van der Waals surface area contributed by atoms with Crippen LogP contribution in [0.4, 0.5) is 0 Å². The zero-order valence-electron chi connectivity index (χ0n) is 17.7. The van der Waals surface area contributed by atoms with Crippen LogP contribution in [0.1, 0.15) is 17.0 Å². The van der Waals surface area contributed by atoms with Gasteiger partial charge < -0.3 is 9.30 Å². The molecule has 0 amide bonds. The Balaban J connectivity index is 1.61. The van der Waals surface area contributed by atoms with Gasteiger partial charge in [-0.15, -0.1) is 11.3 Å². The summed E-state index contributed by atoms with van der Waals surface area (Å²) in [6.07, 6.45) is 3.38. The summed E-state index contributed by atoms with van der Waals surface area (Å²) < 4.78 is 2.25. The van der Waals surface area contributed by atoms with Gasteiger partial charge in [-0.3, -0.25) is 4.90 Å². The zero-order chi connectivity index (χ0) is 21.2. The molecule has 0 unspecified atom stereocenters. The van der Waals surface area contributed by atoms with Crippen molar-refractivity contribution in [3.05, 3.63) is 71.4 Å². The number of nitrogens with zero attached hydrogens (tertiary/aromatic N) is 5. The molecule has 1 fully saturated rings. The summed E-state index contributed by atoms with van der Waals surface area (Å²) in [6.45, 7) is 5.21. The molecule has 1 aliphatic heterocycles. The number of imidazole rings is 1. The first-order chi connectivity index (χ1) is 15.2. The first-order valence-corrected chi connectivity index (χ1v) is 11.5. The van der Waals surface area contributed by atoms with Crippen molar-refractivity contribution in [1.82, 2.24) is 19.2 Å². The summed E-state index contributed by atoms with van der Waals surface area (Å²) in [6, 6.07) is 20.9. The second-order valence-corrected chi connectivity index (χ2v) is 9.21. The van der Waals surface area contributed by atoms with Crippen LogP contribution in [0.2, 0.25) is 0 Å². The Morgan fingerprint density at radius 2 is 1.84 bits per heavy atom. The van der Waals surface area contributed by atoms with Gasteiger partial charge in [0.25, 0.3) is 0 Å². The van der Waals surface area contributed by atoms with Gasteiger partial charge >= 0.3 is 0 Å². The van der Waals surface area contributed by atoms with Crippen LogP contribution in [0, 0.1) is 11.3 Å². The first-order valence-electron chi connectivity index (χ1n) is 10.7. The molecule has 1 aliphatic rings. The third-order valence-electron chi connectivity index (χ3n) is 5.96. The Bertz CT molecular complexity index is 1230. The van der Waals surface area contributed by atoms with E-state index in [-0.39, 0.29) is 0 Å². The number of fused-ring (bicyclic) bond motifs is 1. The van der Waals surface area contributed by atoms with Gasteiger partial charge in [0, 0.05) is 25.8 Å². The molecule has 4 aromatic rings. The predicted octanol–water partition coefficient (Wildman–Crippen LogP) is 4.74. The molecule has 0 radical (unpaired) electrons. The molecule has 4 heterocycles. The molecule has 6 heteroatoms. The fourth-order valence-corrected chi connectivity index (χ4v) is 5.05. The topological polar surface area (TPSA) is 47.6 Å². The largest absolute Gasteiger partial charge is 0.305 e. The Labute approximate surface area is 186 Å². The van der Waals surface area contributed by atoms with Gasteiger partial charge in [-0.25, -0.2) is 4.98 Å². The van der Waals surface area contributed by atoms with Gasteiger partial charge in [-0.2, -0.15) is 5.26 Å². The van der Waals surface area contributed by atoms with Gasteiger partial charge in [0.1, 0.15) is 22.3 Å². The molecule has 1 saturated heterocycles. The molecule has 0 spiro atoms. The molecule has 5 nitrogen and oxygen atoms in total. The van der Waals surface area contributed by atoms with Crippen LogP contribution in [0.25, 0.3) is 27.3 Å². The van der Waals surface area contributed by atoms with Gasteiger partial charge in [0.05, 0.1) is 10.6 Å². The predicted molar refractivity (Wildman–Crippen MR) is 126 cm³/mol. The number of hydrogen-bond acceptors (Lipinski definition) is 5. The summed E-state index contributed by atoms with van der Waals surface area (Å²) in [4.78, 5) is 11.7. The molecule has 0 N–H and O–H groups in total. The lowest BCUT2D eigenvalue weighted by molar-refractivity contribution is 0.266. The van der Waals surface area contributed by atoms with Gasteiger partial charge in [-0.1, -0.05) is 30.3 Å². The van der Waals surface area contributed by atoms with Crippen LogP contribution < -0.4 is 0 Å². The van der Waals surface area contributed by atoms with E-state index in [1.165, 1.54) is 34.6 Å². The van der Waals surface area contributed by atoms with Crippen molar-refractivity contribution in [2.75, 3.05) is 33.2 Å². The highest BCUT2D eigenvalue weighted by Gasteiger charge is 2.20. The van der Waals surface area contributed by atoms with E-state index in [4.69, 9.17) is 4.98 Å². The molecular formula is C25H25N5S. The molecular weight excluding hydrogens is 402 g/mol. The number of hydrogen-bond donors (Lipinski definition) is 0. The molecule has 1 aromatic carbocycles. The van der Waals surface area contributed by atoms with Gasteiger partial charge in [0.15, 0.2) is 0 Å². The maximum atomic E-state index is 9.31. The Morgan fingerprint density at radius 1 is 0.968 bits per heavy atom. The maximum absolute atomic E-state index is 9.31. The summed E-state index contributed by atoms with van der Waals surface area (Å²) in [7, 11) is 2.20. The van der Waals surface area contributed by atoms with Crippen molar-refractivity contribution in [2.45, 2.75) is 13.0 Å². The van der Waals surface area contributed by atoms with Crippen LogP contribution in [0.3, 0.4) is 0 Å². The Kier molecular flexibility index (Phi) is 5.56. The van der Waals surface area contributed by atoms with Crippen molar-refractivity contribution in [2.24, 2.45) is 0 Å². The van der Waals surface area contributed by atoms with E-state index in [2.05, 4.69) is 69.9 Å². The van der Waals surface area contributed by atoms with Crippen LogP contribution in [-0.4, -0.2) is 52.4 Å². The quantitative estimate of drug-likeness (QED) is 0.472. The molecule has 5 rings (SSSR count). The third-order valence-corrected chi connectivity index (χ3v) is 6.96. The van der Waals surface area contributed by atoms with E-state index in [9.17, 15) is 5.26 Å². The highest BCUT2D eigenvalue weighted by Crippen LogP contribution is 2.32. The van der Waals surface area contributed by atoms with Crippen molar-refractivity contribution >= 4 is 17.0 Å². The van der Waals surface area contributed by atoms with E-state index in [1.807, 2.05) is 18.2 Å². The van der Waals surface area contributed by atoms with Crippen molar-refractivity contribution in [3.8, 4) is 27.8 Å². The SMILES string of the molecule is CN1CCCN(Cc2c(-c3ccc(C#N)s3)nc3ccc(-c4ccccc4)cn23)CC1. The van der Waals surface area contributed by atoms with Crippen molar-refractivity contribution in [1.29, 1.82) is 5.26 Å². The highest BCUT2D eigenvalue weighted by molar-refractivity contribution is 7.16. The molecule has 156 valence electrons. The Morgan fingerprint density at radius 3 is 2.65 bits per heavy atom. The van der Waals surface area contributed by atoms with Crippen LogP contribution in [-0.2, 0) is 6.54 Å². The highest BCUT2D eigenvalue weighted by atomic mass is 32.1. The summed E-state index contributed by atoms with van der Waals surface area (Å²) in [5, 5.41) is 9.31. The molecule has 0 atom stereocenters. The fourth-order valence-electron chi connectivity index (χ4n) is 4.24. The smallest absolute Gasteiger partial charge is 0.137 e. The standard InChI is InChI=1S/C25H25N5S/c1-28-12-5-13-29(15-14-28)18-22-25(23-10-9-21(16-26)31-23)27-24-11-8-20(17-30(22)24)19-6-3-2-4-7-19/h2-4,6-11,17H,5,12-15,18H2,1H3. The molecule has 0 bridgehead atoms. The fraction of sp³-hybridized carbons (Fsp3) is 0.280. The lowest BCUT2D eigenvalue weighted by atomic mass is 10.1. The number of aromatic nitrogens is 2. The van der Waals surface area contributed by atoms with Crippen LogP contribution >= 0.6 is 11.3 Å². The number of thiophene rings is 1. The van der Waals surface area contributed by atoms with Gasteiger partial charge in [0.2, 0.25) is 0 Å². The van der Waals surface area contributed by atoms with E-state index in [1.54, 1.807) is 0 Å². The van der Waals surface area contributed by atoms with E-state index < -0.39 is 0 Å². The Hall–Kier alpha value is -2.98. The number of likely N-dealkylation sites (N-methyl/N-ethyl adjacent to an activating group) is 1. The lowest BCUT2D eigenvalue weighted by Crippen LogP contribution is -2.29. The molecule has 0 aliphatic carbocycles. The normalized spacial score (nSPS) is 15.7. The minimum Gasteiger partial charge on any atom is -0.305 e. The van der Waals surface area contributed by atoms with Crippen molar-refractivity contribution < 1.29 is 0 Å². The summed E-state index contributed by atoms with van der Waals surface area (Å²) >= 11 is 1.52. The van der Waals surface area contributed by atoms with E-state index in [0.717, 1.165) is 53.8 Å². The third kappa shape index (κ3) is 4.13. The average molecular weight is 428 g/mol. The summed E-state index contributed by atoms with van der Waals surface area (Å²) in [5.41, 5.74) is 5.52. The average Bonchev–Trinajstić information content (AvgIpc) is 3.36. The number of rotatable bonds is 4. The van der Waals surface area contributed by atoms with E-state index >= 15 is 0 Å². The minimum atomic E-state index is 0.722. The monoisotopic (exact) mass is 427 g/mol. The molecule has 0 saturated carbocycles. The second kappa shape index (κ2) is 8.64. The first kappa shape index (κ1) is 20.0. The van der Waals surface area contributed by atoms with Crippen molar-refractivity contribution in [3.63, 3.8) is 0 Å². The molecule has 31 heavy (non-hydrogen) atoms. The number of pyridine rings is 1. The number of benzene rings is 1. The van der Waals surface area contributed by atoms with Gasteiger partial charge in [-0.05, 0) is 62.0 Å².